The van der Waals surface area contributed by atoms with E-state index >= 15 is 0 Å². The Morgan fingerprint density at radius 3 is 3.00 bits per heavy atom. The normalized spacial score (nSPS) is 47.1. The third kappa shape index (κ3) is 0.956. The Morgan fingerprint density at radius 1 is 1.30 bits per heavy atom. The molecule has 2 rings (SSSR count). The van der Waals surface area contributed by atoms with Crippen LogP contribution < -0.4 is 10.9 Å². The van der Waals surface area contributed by atoms with Gasteiger partial charge in [-0.25, -0.2) is 0 Å². The standard InChI is InChI=1S/C8H16N2/c1-6-3-2-4-7-5-9-10-8(6)7/h6-10H,2-5H2,1H3/t6-,7?,8-/m0/s1. The smallest absolute Gasteiger partial charge is 0.0279 e. The molecular formula is C8H16N2. The quantitative estimate of drug-likeness (QED) is 0.522. The lowest BCUT2D eigenvalue weighted by molar-refractivity contribution is 0.250. The van der Waals surface area contributed by atoms with Crippen molar-refractivity contribution in [3.63, 3.8) is 0 Å². The minimum absolute atomic E-state index is 0.772. The van der Waals surface area contributed by atoms with Gasteiger partial charge in [0.15, 0.2) is 0 Å². The van der Waals surface area contributed by atoms with Gasteiger partial charge >= 0.3 is 0 Å². The molecule has 2 fully saturated rings. The topological polar surface area (TPSA) is 24.1 Å². The van der Waals surface area contributed by atoms with Gasteiger partial charge in [0, 0.05) is 12.6 Å². The van der Waals surface area contributed by atoms with Crippen molar-refractivity contribution < 1.29 is 0 Å². The van der Waals surface area contributed by atoms with E-state index < -0.39 is 0 Å². The SMILES string of the molecule is C[C@H]1CCCC2CNN[C@H]21. The van der Waals surface area contributed by atoms with Gasteiger partial charge < -0.3 is 0 Å². The van der Waals surface area contributed by atoms with Crippen LogP contribution >= 0.6 is 0 Å². The monoisotopic (exact) mass is 140 g/mol. The molecule has 0 aromatic heterocycles. The van der Waals surface area contributed by atoms with Crippen molar-refractivity contribution in [3.8, 4) is 0 Å². The highest BCUT2D eigenvalue weighted by Gasteiger charge is 2.33. The molecule has 2 heteroatoms. The number of fused-ring (bicyclic) bond motifs is 1. The Labute approximate surface area is 62.4 Å². The van der Waals surface area contributed by atoms with Crippen molar-refractivity contribution in [1.29, 1.82) is 0 Å². The molecule has 0 radical (unpaired) electrons. The van der Waals surface area contributed by atoms with E-state index in [1.165, 1.54) is 25.8 Å². The molecule has 0 spiro atoms. The van der Waals surface area contributed by atoms with Gasteiger partial charge in [-0.2, -0.15) is 0 Å². The van der Waals surface area contributed by atoms with Gasteiger partial charge in [0.1, 0.15) is 0 Å². The van der Waals surface area contributed by atoms with Crippen LogP contribution in [0.15, 0.2) is 0 Å². The minimum atomic E-state index is 0.772. The van der Waals surface area contributed by atoms with E-state index in [1.807, 2.05) is 0 Å². The molecule has 3 atom stereocenters. The second-order valence-corrected chi connectivity index (χ2v) is 3.72. The molecule has 0 bridgehead atoms. The maximum Gasteiger partial charge on any atom is 0.0279 e. The van der Waals surface area contributed by atoms with E-state index in [-0.39, 0.29) is 0 Å². The third-order valence-electron chi connectivity index (χ3n) is 2.99. The average molecular weight is 140 g/mol. The maximum atomic E-state index is 3.36. The molecule has 1 aliphatic carbocycles. The van der Waals surface area contributed by atoms with Crippen molar-refractivity contribution in [2.75, 3.05) is 6.54 Å². The van der Waals surface area contributed by atoms with Gasteiger partial charge in [0.2, 0.25) is 0 Å². The second-order valence-electron chi connectivity index (χ2n) is 3.72. The third-order valence-corrected chi connectivity index (χ3v) is 2.99. The van der Waals surface area contributed by atoms with Gasteiger partial charge in [-0.3, -0.25) is 10.9 Å². The van der Waals surface area contributed by atoms with Gasteiger partial charge in [0.25, 0.3) is 0 Å². The Bertz CT molecular complexity index is 124. The zero-order valence-electron chi connectivity index (χ0n) is 6.56. The molecule has 10 heavy (non-hydrogen) atoms. The summed E-state index contributed by atoms with van der Waals surface area (Å²) < 4.78 is 0. The summed E-state index contributed by atoms with van der Waals surface area (Å²) in [7, 11) is 0. The number of nitrogens with one attached hydrogen (secondary N) is 2. The molecule has 0 aromatic carbocycles. The van der Waals surface area contributed by atoms with Crippen LogP contribution in [0.5, 0.6) is 0 Å². The van der Waals surface area contributed by atoms with E-state index in [9.17, 15) is 0 Å². The summed E-state index contributed by atoms with van der Waals surface area (Å²) in [6.45, 7) is 3.55. The summed E-state index contributed by atoms with van der Waals surface area (Å²) in [6.07, 6.45) is 4.27. The van der Waals surface area contributed by atoms with Crippen molar-refractivity contribution in [2.45, 2.75) is 32.2 Å². The first kappa shape index (κ1) is 6.62. The first-order chi connectivity index (χ1) is 4.88. The average Bonchev–Trinajstić information content (AvgIpc) is 2.36. The van der Waals surface area contributed by atoms with Gasteiger partial charge in [-0.05, 0) is 24.7 Å². The fourth-order valence-corrected chi connectivity index (χ4v) is 2.32. The van der Waals surface area contributed by atoms with Crippen LogP contribution in [0.3, 0.4) is 0 Å². The van der Waals surface area contributed by atoms with E-state index in [4.69, 9.17) is 0 Å². The highest BCUT2D eigenvalue weighted by molar-refractivity contribution is 4.89. The minimum Gasteiger partial charge on any atom is -0.257 e. The van der Waals surface area contributed by atoms with Crippen LogP contribution in [0.1, 0.15) is 26.2 Å². The Kier molecular flexibility index (Phi) is 1.66. The Hall–Kier alpha value is -0.0800. The highest BCUT2D eigenvalue weighted by Crippen LogP contribution is 2.30. The number of hydrogen-bond donors (Lipinski definition) is 2. The van der Waals surface area contributed by atoms with Crippen molar-refractivity contribution in [2.24, 2.45) is 11.8 Å². The predicted molar refractivity (Wildman–Crippen MR) is 41.4 cm³/mol. The largest absolute Gasteiger partial charge is 0.257 e. The Morgan fingerprint density at radius 2 is 2.20 bits per heavy atom. The molecule has 0 amide bonds. The predicted octanol–water partition coefficient (Wildman–Crippen LogP) is 0.899. The molecule has 1 unspecified atom stereocenters. The van der Waals surface area contributed by atoms with Crippen LogP contribution in [0.25, 0.3) is 0 Å². The molecule has 1 aliphatic heterocycles. The summed E-state index contributed by atoms with van der Waals surface area (Å²) in [6, 6.07) is 0.772. The lowest BCUT2D eigenvalue weighted by Gasteiger charge is -2.29. The van der Waals surface area contributed by atoms with Crippen LogP contribution in [-0.4, -0.2) is 12.6 Å². The zero-order chi connectivity index (χ0) is 6.97. The van der Waals surface area contributed by atoms with Crippen LogP contribution in [-0.2, 0) is 0 Å². The molecule has 1 heterocycles. The first-order valence-corrected chi connectivity index (χ1v) is 4.36. The number of hydrazine groups is 1. The summed E-state index contributed by atoms with van der Waals surface area (Å²) in [5.41, 5.74) is 6.60. The first-order valence-electron chi connectivity index (χ1n) is 4.36. The van der Waals surface area contributed by atoms with Gasteiger partial charge in [0.05, 0.1) is 0 Å². The Balaban J connectivity index is 2.03. The fourth-order valence-electron chi connectivity index (χ4n) is 2.32. The molecule has 2 nitrogen and oxygen atoms in total. The van der Waals surface area contributed by atoms with E-state index in [2.05, 4.69) is 17.8 Å². The molecule has 2 aliphatic rings. The number of rotatable bonds is 0. The van der Waals surface area contributed by atoms with Crippen LogP contribution in [0.4, 0.5) is 0 Å². The van der Waals surface area contributed by atoms with Gasteiger partial charge in [-0.1, -0.05) is 13.3 Å². The summed E-state index contributed by atoms with van der Waals surface area (Å²) in [4.78, 5) is 0. The fraction of sp³-hybridized carbons (Fsp3) is 1.00. The second kappa shape index (κ2) is 2.51. The van der Waals surface area contributed by atoms with Crippen LogP contribution in [0, 0.1) is 11.8 Å². The summed E-state index contributed by atoms with van der Waals surface area (Å²) in [5, 5.41) is 0. The lowest BCUT2D eigenvalue weighted by Crippen LogP contribution is -2.39. The molecule has 1 saturated carbocycles. The lowest BCUT2D eigenvalue weighted by atomic mass is 9.79. The number of hydrogen-bond acceptors (Lipinski definition) is 2. The molecule has 58 valence electrons. The molecule has 0 aromatic rings. The van der Waals surface area contributed by atoms with Gasteiger partial charge in [-0.15, -0.1) is 0 Å². The van der Waals surface area contributed by atoms with Crippen molar-refractivity contribution in [3.05, 3.63) is 0 Å². The maximum absolute atomic E-state index is 3.36. The molecule has 1 saturated heterocycles. The highest BCUT2D eigenvalue weighted by atomic mass is 15.4. The zero-order valence-corrected chi connectivity index (χ0v) is 6.56. The molecular weight excluding hydrogens is 124 g/mol. The summed E-state index contributed by atoms with van der Waals surface area (Å²) in [5.74, 6) is 1.80. The van der Waals surface area contributed by atoms with Crippen molar-refractivity contribution >= 4 is 0 Å². The molecule has 2 N–H and O–H groups in total. The van der Waals surface area contributed by atoms with E-state index in [0.29, 0.717) is 0 Å². The van der Waals surface area contributed by atoms with E-state index in [1.54, 1.807) is 0 Å². The van der Waals surface area contributed by atoms with E-state index in [0.717, 1.165) is 17.9 Å². The summed E-state index contributed by atoms with van der Waals surface area (Å²) >= 11 is 0. The van der Waals surface area contributed by atoms with Crippen molar-refractivity contribution in [1.82, 2.24) is 10.9 Å². The van der Waals surface area contributed by atoms with Crippen LogP contribution in [0.2, 0.25) is 0 Å².